The van der Waals surface area contributed by atoms with Gasteiger partial charge < -0.3 is 4.74 Å². The number of esters is 1. The average molecular weight is 353 g/mol. The molecule has 130 valence electrons. The first kappa shape index (κ1) is 15.6. The Kier molecular flexibility index (Phi) is 3.31. The third-order valence-electron chi connectivity index (χ3n) is 4.95. The number of rotatable bonds is 2. The van der Waals surface area contributed by atoms with Crippen LogP contribution in [0.25, 0.3) is 16.7 Å². The highest BCUT2D eigenvalue weighted by Crippen LogP contribution is 2.34. The van der Waals surface area contributed by atoms with E-state index >= 15 is 0 Å². The first-order chi connectivity index (χ1) is 13.1. The normalized spacial score (nSPS) is 13.4. The number of carbonyl (C=O) groups excluding carboxylic acids is 1. The number of para-hydroxylation sites is 1. The minimum atomic E-state index is -0.478. The fourth-order valence-corrected chi connectivity index (χ4v) is 3.70. The van der Waals surface area contributed by atoms with Crippen LogP contribution in [-0.4, -0.2) is 11.0 Å². The molecule has 5 heteroatoms. The number of carbonyl (C=O) groups is 1. The number of aromatic nitrogens is 1. The van der Waals surface area contributed by atoms with Crippen molar-refractivity contribution in [1.29, 1.82) is 0 Å². The molecular weight excluding hydrogens is 338 g/mol. The van der Waals surface area contributed by atoms with Crippen LogP contribution in [0.2, 0.25) is 0 Å². The molecule has 2 aromatic carbocycles. The average Bonchev–Trinajstić information content (AvgIpc) is 3.22. The highest BCUT2D eigenvalue weighted by atomic mass is 16.5. The number of hydrogen-bond donors (Lipinski definition) is 0. The van der Waals surface area contributed by atoms with Gasteiger partial charge in [0, 0.05) is 22.9 Å². The summed E-state index contributed by atoms with van der Waals surface area (Å²) in [5, 5.41) is 1.74. The predicted octanol–water partition coefficient (Wildman–Crippen LogP) is 3.29. The van der Waals surface area contributed by atoms with E-state index in [0.717, 1.165) is 44.2 Å². The molecule has 2 aliphatic rings. The lowest BCUT2D eigenvalue weighted by molar-refractivity contribution is -0.130. The minimum absolute atomic E-state index is 0.328. The lowest BCUT2D eigenvalue weighted by Gasteiger charge is -2.06. The smallest absolute Gasteiger partial charge is 0.362 e. The Morgan fingerprint density at radius 1 is 1.00 bits per heavy atom. The molecule has 0 amide bonds. The topological polar surface area (TPSA) is 63.9 Å². The van der Waals surface area contributed by atoms with Gasteiger partial charge in [0.15, 0.2) is 5.70 Å². The van der Waals surface area contributed by atoms with Gasteiger partial charge in [-0.25, -0.2) is 14.8 Å². The van der Waals surface area contributed by atoms with E-state index in [-0.39, 0.29) is 0 Å². The van der Waals surface area contributed by atoms with Crippen LogP contribution in [-0.2, 0) is 4.79 Å². The third-order valence-corrected chi connectivity index (χ3v) is 4.95. The Hall–Kier alpha value is -3.60. The van der Waals surface area contributed by atoms with E-state index in [0.29, 0.717) is 11.4 Å². The molecule has 3 aromatic rings. The molecule has 0 unspecified atom stereocenters. The third kappa shape index (κ3) is 2.32. The van der Waals surface area contributed by atoms with E-state index in [1.807, 2.05) is 38.1 Å². The van der Waals surface area contributed by atoms with E-state index in [1.54, 1.807) is 18.3 Å². The van der Waals surface area contributed by atoms with Gasteiger partial charge in [-0.1, -0.05) is 18.2 Å². The minimum Gasteiger partial charge on any atom is -0.420 e. The maximum atomic E-state index is 12.6. The molecule has 5 nitrogen and oxygen atoms in total. The number of hydrogen-bond acceptors (Lipinski definition) is 5. The number of nitrogens with zero attached hydrogens (tertiary/aromatic N) is 3. The Morgan fingerprint density at radius 2 is 1.85 bits per heavy atom. The predicted molar refractivity (Wildman–Crippen MR) is 101 cm³/mol. The maximum absolute atomic E-state index is 12.6. The van der Waals surface area contributed by atoms with Gasteiger partial charge in [-0.3, -0.25) is 4.98 Å². The SMILES string of the molecule is CC1=C(C(=O)Oc2cccnc2)N=c2cc3c(c(C)c21)=Nc1ccccc1-3. The first-order valence-electron chi connectivity index (χ1n) is 8.67. The lowest BCUT2D eigenvalue weighted by Crippen LogP contribution is -2.18. The van der Waals surface area contributed by atoms with Crippen molar-refractivity contribution >= 4 is 17.2 Å². The van der Waals surface area contributed by atoms with Crippen LogP contribution in [0.15, 0.2) is 70.5 Å². The van der Waals surface area contributed by atoms with Crippen molar-refractivity contribution in [2.75, 3.05) is 0 Å². The summed E-state index contributed by atoms with van der Waals surface area (Å²) in [5.74, 6) is -0.0781. The maximum Gasteiger partial charge on any atom is 0.362 e. The monoisotopic (exact) mass is 353 g/mol. The lowest BCUT2D eigenvalue weighted by atomic mass is 9.96. The molecule has 0 atom stereocenters. The summed E-state index contributed by atoms with van der Waals surface area (Å²) in [7, 11) is 0. The molecule has 27 heavy (non-hydrogen) atoms. The summed E-state index contributed by atoms with van der Waals surface area (Å²) < 4.78 is 5.42. The molecule has 0 fully saturated rings. The zero-order chi connectivity index (χ0) is 18.5. The Labute approximate surface area is 155 Å². The zero-order valence-corrected chi connectivity index (χ0v) is 14.9. The van der Waals surface area contributed by atoms with Crippen LogP contribution in [0.1, 0.15) is 18.1 Å². The van der Waals surface area contributed by atoms with E-state index in [4.69, 9.17) is 9.73 Å². The largest absolute Gasteiger partial charge is 0.420 e. The molecular formula is C22H15N3O2. The van der Waals surface area contributed by atoms with Crippen molar-refractivity contribution in [3.8, 4) is 16.9 Å². The molecule has 2 aliphatic heterocycles. The Morgan fingerprint density at radius 3 is 2.67 bits per heavy atom. The second-order valence-corrected chi connectivity index (χ2v) is 6.58. The first-order valence-corrected chi connectivity index (χ1v) is 8.67. The summed E-state index contributed by atoms with van der Waals surface area (Å²) in [5.41, 5.74) is 6.25. The van der Waals surface area contributed by atoms with Crippen LogP contribution in [0.3, 0.4) is 0 Å². The van der Waals surface area contributed by atoms with Crippen LogP contribution in [0.5, 0.6) is 5.75 Å². The summed E-state index contributed by atoms with van der Waals surface area (Å²) in [4.78, 5) is 26.0. The van der Waals surface area contributed by atoms with Gasteiger partial charge in [-0.05, 0) is 49.2 Å². The van der Waals surface area contributed by atoms with Crippen LogP contribution < -0.4 is 15.5 Å². The van der Waals surface area contributed by atoms with Crippen LogP contribution in [0, 0.1) is 6.92 Å². The second kappa shape index (κ2) is 5.71. The van der Waals surface area contributed by atoms with Gasteiger partial charge in [-0.2, -0.15) is 0 Å². The van der Waals surface area contributed by atoms with Crippen molar-refractivity contribution in [3.05, 3.63) is 82.4 Å². The van der Waals surface area contributed by atoms with E-state index in [1.165, 1.54) is 6.20 Å². The fraction of sp³-hybridized carbons (Fsp3) is 0.0909. The molecule has 0 spiro atoms. The number of allylic oxidation sites excluding steroid dienone is 1. The van der Waals surface area contributed by atoms with E-state index < -0.39 is 5.97 Å². The highest BCUT2D eigenvalue weighted by molar-refractivity contribution is 6.00. The molecule has 0 saturated carbocycles. The standard InChI is InChI=1S/C22H15N3O2/c1-12-19-13(2)21(22(26)27-14-6-5-9-23-11-14)25-18(19)10-16-15-7-3-4-8-17(15)24-20(12)16/h3-11H,1-2H3. The van der Waals surface area contributed by atoms with Gasteiger partial charge in [0.25, 0.3) is 0 Å². The van der Waals surface area contributed by atoms with Crippen LogP contribution in [0.4, 0.5) is 5.69 Å². The van der Waals surface area contributed by atoms with Gasteiger partial charge in [-0.15, -0.1) is 0 Å². The van der Waals surface area contributed by atoms with E-state index in [2.05, 4.69) is 16.0 Å². The molecule has 0 saturated heterocycles. The molecule has 0 radical (unpaired) electrons. The number of benzene rings is 2. The fourth-order valence-electron chi connectivity index (χ4n) is 3.70. The second-order valence-electron chi connectivity index (χ2n) is 6.58. The van der Waals surface area contributed by atoms with Gasteiger partial charge in [0.2, 0.25) is 0 Å². The molecule has 3 heterocycles. The van der Waals surface area contributed by atoms with Crippen molar-refractivity contribution < 1.29 is 9.53 Å². The number of ether oxygens (including phenoxy) is 1. The van der Waals surface area contributed by atoms with Crippen molar-refractivity contribution in [1.82, 2.24) is 4.98 Å². The Balaban J connectivity index is 1.62. The molecule has 5 rings (SSSR count). The summed E-state index contributed by atoms with van der Waals surface area (Å²) in [6.45, 7) is 3.93. The van der Waals surface area contributed by atoms with E-state index in [9.17, 15) is 4.79 Å². The quantitative estimate of drug-likeness (QED) is 0.520. The van der Waals surface area contributed by atoms with Crippen molar-refractivity contribution in [2.45, 2.75) is 13.8 Å². The van der Waals surface area contributed by atoms with Gasteiger partial charge in [0.05, 0.1) is 22.6 Å². The molecule has 1 aromatic heterocycles. The number of fused-ring (bicyclic) bond motifs is 4. The number of pyridine rings is 1. The summed E-state index contributed by atoms with van der Waals surface area (Å²) in [6, 6.07) is 13.5. The van der Waals surface area contributed by atoms with Crippen LogP contribution >= 0.6 is 0 Å². The molecule has 0 bridgehead atoms. The zero-order valence-electron chi connectivity index (χ0n) is 14.9. The Bertz CT molecular complexity index is 1270. The van der Waals surface area contributed by atoms with Crippen molar-refractivity contribution in [3.63, 3.8) is 0 Å². The highest BCUT2D eigenvalue weighted by Gasteiger charge is 2.26. The van der Waals surface area contributed by atoms with Crippen molar-refractivity contribution in [2.24, 2.45) is 9.98 Å². The van der Waals surface area contributed by atoms with Gasteiger partial charge in [0.1, 0.15) is 5.75 Å². The summed E-state index contributed by atoms with van der Waals surface area (Å²) in [6.07, 6.45) is 3.13. The molecule has 0 N–H and O–H groups in total. The van der Waals surface area contributed by atoms with Gasteiger partial charge >= 0.3 is 5.97 Å². The summed E-state index contributed by atoms with van der Waals surface area (Å²) >= 11 is 0. The molecule has 0 aliphatic carbocycles.